The van der Waals surface area contributed by atoms with Gasteiger partial charge in [-0.15, -0.1) is 0 Å². The fourth-order valence-electron chi connectivity index (χ4n) is 1.26. The van der Waals surface area contributed by atoms with Crippen LogP contribution in [0.5, 0.6) is 5.88 Å². The van der Waals surface area contributed by atoms with Gasteiger partial charge in [-0.05, 0) is 40.1 Å². The fourth-order valence-corrected chi connectivity index (χ4v) is 1.55. The van der Waals surface area contributed by atoms with Crippen LogP contribution in [0, 0.1) is 0 Å². The van der Waals surface area contributed by atoms with Gasteiger partial charge >= 0.3 is 0 Å². The van der Waals surface area contributed by atoms with Gasteiger partial charge in [0.05, 0.1) is 0 Å². The molecule has 13 heavy (non-hydrogen) atoms. The quantitative estimate of drug-likeness (QED) is 0.625. The summed E-state index contributed by atoms with van der Waals surface area (Å²) in [5.74, 6) is 0.715. The number of hydrogen-bond donors (Lipinski definition) is 0. The first-order chi connectivity index (χ1) is 6.42. The Kier molecular flexibility index (Phi) is 2.63. The Morgan fingerprint density at radius 3 is 2.92 bits per heavy atom. The van der Waals surface area contributed by atoms with Crippen LogP contribution in [0.15, 0.2) is 36.5 Å². The molecule has 0 atom stereocenters. The molecular weight excluding hydrogens is 277 g/mol. The Bertz CT molecular complexity index is 411. The summed E-state index contributed by atoms with van der Waals surface area (Å²) in [6.45, 7) is 0. The number of aromatic nitrogens is 1. The van der Waals surface area contributed by atoms with Gasteiger partial charge in [0.15, 0.2) is 0 Å². The van der Waals surface area contributed by atoms with Crippen molar-refractivity contribution in [3.8, 4) is 5.88 Å². The maximum Gasteiger partial charge on any atom is 0.222 e. The average molecular weight is 285 g/mol. The predicted molar refractivity (Wildman–Crippen MR) is 61.3 cm³/mol. The van der Waals surface area contributed by atoms with E-state index in [4.69, 9.17) is 4.74 Å². The van der Waals surface area contributed by atoms with Crippen LogP contribution in [-0.4, -0.2) is 9.60 Å². The van der Waals surface area contributed by atoms with Gasteiger partial charge in [0.2, 0.25) is 5.88 Å². The molecule has 0 aliphatic rings. The lowest BCUT2D eigenvalue weighted by molar-refractivity contribution is 0.393. The standard InChI is InChI=1S/C10H8INO/c11-7-13-10-9-4-2-1-3-8(9)5-6-12-10/h1-6H,7H2. The topological polar surface area (TPSA) is 22.1 Å². The number of fused-ring (bicyclic) bond motifs is 1. The second-order valence-corrected chi connectivity index (χ2v) is 3.21. The first-order valence-electron chi connectivity index (χ1n) is 3.94. The molecule has 3 heteroatoms. The normalized spacial score (nSPS) is 10.2. The van der Waals surface area contributed by atoms with Crippen molar-refractivity contribution in [1.29, 1.82) is 0 Å². The van der Waals surface area contributed by atoms with Crippen molar-refractivity contribution in [2.45, 2.75) is 0 Å². The van der Waals surface area contributed by atoms with Crippen LogP contribution in [0.25, 0.3) is 10.8 Å². The summed E-state index contributed by atoms with van der Waals surface area (Å²) < 4.78 is 6.02. The Labute approximate surface area is 90.1 Å². The number of halogens is 1. The minimum Gasteiger partial charge on any atom is -0.467 e. The molecular formula is C10H8INO. The highest BCUT2D eigenvalue weighted by Gasteiger charge is 2.00. The van der Waals surface area contributed by atoms with E-state index in [0.29, 0.717) is 10.5 Å². The first kappa shape index (κ1) is 8.74. The van der Waals surface area contributed by atoms with Crippen LogP contribution in [-0.2, 0) is 0 Å². The van der Waals surface area contributed by atoms with Crippen molar-refractivity contribution in [3.63, 3.8) is 0 Å². The summed E-state index contributed by atoms with van der Waals surface area (Å²) in [6.07, 6.45) is 1.77. The van der Waals surface area contributed by atoms with Crippen LogP contribution >= 0.6 is 22.6 Å². The minimum atomic E-state index is 0.624. The third-order valence-electron chi connectivity index (χ3n) is 1.83. The number of rotatable bonds is 2. The fraction of sp³-hybridized carbons (Fsp3) is 0.100. The minimum absolute atomic E-state index is 0.624. The van der Waals surface area contributed by atoms with E-state index in [1.165, 1.54) is 0 Å². The molecule has 0 saturated heterocycles. The van der Waals surface area contributed by atoms with E-state index in [0.717, 1.165) is 10.8 Å². The van der Waals surface area contributed by atoms with Crippen LogP contribution in [0.2, 0.25) is 0 Å². The Morgan fingerprint density at radius 1 is 1.23 bits per heavy atom. The molecule has 1 aromatic heterocycles. The number of alkyl halides is 1. The van der Waals surface area contributed by atoms with Crippen LogP contribution in [0.4, 0.5) is 0 Å². The van der Waals surface area contributed by atoms with E-state index >= 15 is 0 Å². The molecule has 2 nitrogen and oxygen atoms in total. The molecule has 0 fully saturated rings. The SMILES string of the molecule is ICOc1nccc2ccccc12. The van der Waals surface area contributed by atoms with Crippen molar-refractivity contribution in [1.82, 2.24) is 4.98 Å². The van der Waals surface area contributed by atoms with Crippen molar-refractivity contribution in [2.75, 3.05) is 4.61 Å². The van der Waals surface area contributed by atoms with E-state index in [9.17, 15) is 0 Å². The smallest absolute Gasteiger partial charge is 0.222 e. The molecule has 66 valence electrons. The van der Waals surface area contributed by atoms with Crippen molar-refractivity contribution >= 4 is 33.4 Å². The molecule has 0 radical (unpaired) electrons. The van der Waals surface area contributed by atoms with E-state index in [2.05, 4.69) is 33.6 Å². The highest BCUT2D eigenvalue weighted by atomic mass is 127. The van der Waals surface area contributed by atoms with Crippen LogP contribution in [0.3, 0.4) is 0 Å². The lowest BCUT2D eigenvalue weighted by Crippen LogP contribution is -1.92. The Balaban J connectivity index is 2.61. The summed E-state index contributed by atoms with van der Waals surface area (Å²) in [4.78, 5) is 4.17. The van der Waals surface area contributed by atoms with Gasteiger partial charge in [0.25, 0.3) is 0 Å². The van der Waals surface area contributed by atoms with Gasteiger partial charge in [0, 0.05) is 11.6 Å². The zero-order valence-electron chi connectivity index (χ0n) is 6.90. The predicted octanol–water partition coefficient (Wildman–Crippen LogP) is 3.01. The zero-order chi connectivity index (χ0) is 9.10. The number of benzene rings is 1. The second kappa shape index (κ2) is 3.91. The summed E-state index contributed by atoms with van der Waals surface area (Å²) in [6, 6.07) is 10.1. The van der Waals surface area contributed by atoms with Gasteiger partial charge in [-0.25, -0.2) is 4.98 Å². The van der Waals surface area contributed by atoms with E-state index in [1.807, 2.05) is 24.3 Å². The summed E-state index contributed by atoms with van der Waals surface area (Å²) >= 11 is 2.16. The Morgan fingerprint density at radius 2 is 2.08 bits per heavy atom. The molecule has 0 N–H and O–H groups in total. The number of ether oxygens (including phenoxy) is 1. The van der Waals surface area contributed by atoms with Gasteiger partial charge in [-0.2, -0.15) is 0 Å². The maximum absolute atomic E-state index is 5.39. The number of nitrogens with zero attached hydrogens (tertiary/aromatic N) is 1. The lowest BCUT2D eigenvalue weighted by Gasteiger charge is -2.04. The van der Waals surface area contributed by atoms with Crippen molar-refractivity contribution in [3.05, 3.63) is 36.5 Å². The average Bonchev–Trinajstić information content (AvgIpc) is 2.19. The van der Waals surface area contributed by atoms with Crippen LogP contribution in [0.1, 0.15) is 0 Å². The molecule has 0 aliphatic heterocycles. The molecule has 1 heterocycles. The summed E-state index contributed by atoms with van der Waals surface area (Å²) in [7, 11) is 0. The molecule has 0 amide bonds. The lowest BCUT2D eigenvalue weighted by atomic mass is 10.2. The van der Waals surface area contributed by atoms with Crippen molar-refractivity contribution in [2.24, 2.45) is 0 Å². The van der Waals surface area contributed by atoms with Crippen LogP contribution < -0.4 is 4.74 Å². The third-order valence-corrected chi connectivity index (χ3v) is 2.14. The molecule has 0 aliphatic carbocycles. The molecule has 0 spiro atoms. The van der Waals surface area contributed by atoms with E-state index < -0.39 is 0 Å². The molecule has 2 rings (SSSR count). The number of hydrogen-bond acceptors (Lipinski definition) is 2. The largest absolute Gasteiger partial charge is 0.467 e. The summed E-state index contributed by atoms with van der Waals surface area (Å²) in [5, 5.41) is 2.24. The third kappa shape index (κ3) is 1.75. The van der Waals surface area contributed by atoms with Gasteiger partial charge < -0.3 is 4.74 Å². The van der Waals surface area contributed by atoms with Crippen molar-refractivity contribution < 1.29 is 4.74 Å². The number of pyridine rings is 1. The van der Waals surface area contributed by atoms with Gasteiger partial charge in [-0.3, -0.25) is 0 Å². The monoisotopic (exact) mass is 285 g/mol. The Hall–Kier alpha value is -0.840. The zero-order valence-corrected chi connectivity index (χ0v) is 9.06. The van der Waals surface area contributed by atoms with E-state index in [1.54, 1.807) is 6.20 Å². The van der Waals surface area contributed by atoms with Gasteiger partial charge in [-0.1, -0.05) is 18.2 Å². The second-order valence-electron chi connectivity index (χ2n) is 2.59. The molecule has 1 aromatic carbocycles. The maximum atomic E-state index is 5.39. The first-order valence-corrected chi connectivity index (χ1v) is 5.47. The highest BCUT2D eigenvalue weighted by Crippen LogP contribution is 2.22. The molecule has 0 bridgehead atoms. The van der Waals surface area contributed by atoms with E-state index in [-0.39, 0.29) is 0 Å². The van der Waals surface area contributed by atoms with Gasteiger partial charge in [0.1, 0.15) is 4.61 Å². The molecule has 0 saturated carbocycles. The molecule has 0 unspecified atom stereocenters. The highest BCUT2D eigenvalue weighted by molar-refractivity contribution is 14.1. The summed E-state index contributed by atoms with van der Waals surface area (Å²) in [5.41, 5.74) is 0. The molecule has 2 aromatic rings.